The van der Waals surface area contributed by atoms with E-state index in [0.717, 1.165) is 28.6 Å². The largest absolute Gasteiger partial charge is 0.325 e. The van der Waals surface area contributed by atoms with Crippen molar-refractivity contribution in [1.29, 1.82) is 0 Å². The molecule has 0 bridgehead atoms. The number of carbonyl (C=O) groups is 1. The van der Waals surface area contributed by atoms with E-state index in [1.165, 1.54) is 4.31 Å². The number of anilines is 1. The number of hydrogen-bond acceptors (Lipinski definition) is 3. The molecule has 0 aliphatic rings. The van der Waals surface area contributed by atoms with Crippen molar-refractivity contribution in [2.75, 3.05) is 18.1 Å². The fraction of sp³-hybridized carbons (Fsp3) is 0.350. The van der Waals surface area contributed by atoms with Gasteiger partial charge in [-0.2, -0.15) is 4.31 Å². The molecular formula is C20H26N2O3S. The summed E-state index contributed by atoms with van der Waals surface area (Å²) in [7, 11) is -3.52. The van der Waals surface area contributed by atoms with Gasteiger partial charge in [0, 0.05) is 12.2 Å². The molecule has 6 heteroatoms. The van der Waals surface area contributed by atoms with Gasteiger partial charge in [0.15, 0.2) is 0 Å². The number of para-hydroxylation sites is 1. The van der Waals surface area contributed by atoms with E-state index < -0.39 is 10.0 Å². The minimum Gasteiger partial charge on any atom is -0.325 e. The first-order chi connectivity index (χ1) is 12.2. The maximum atomic E-state index is 12.5. The first kappa shape index (κ1) is 20.1. The van der Waals surface area contributed by atoms with E-state index >= 15 is 0 Å². The molecule has 0 aliphatic carbocycles. The predicted octanol–water partition coefficient (Wildman–Crippen LogP) is 3.52. The minimum absolute atomic E-state index is 0.166. The third-order valence-electron chi connectivity index (χ3n) is 4.09. The summed E-state index contributed by atoms with van der Waals surface area (Å²) in [5.74, 6) is -0.0963. The molecule has 26 heavy (non-hydrogen) atoms. The van der Waals surface area contributed by atoms with E-state index in [9.17, 15) is 13.2 Å². The molecule has 2 aromatic carbocycles. The first-order valence-electron chi connectivity index (χ1n) is 8.56. The van der Waals surface area contributed by atoms with Crippen LogP contribution in [0.4, 0.5) is 5.69 Å². The number of benzene rings is 2. The number of sulfonamides is 1. The Hall–Kier alpha value is -2.18. The fourth-order valence-corrected chi connectivity index (χ4v) is 3.50. The van der Waals surface area contributed by atoms with Gasteiger partial charge in [-0.1, -0.05) is 61.9 Å². The van der Waals surface area contributed by atoms with Gasteiger partial charge in [0.25, 0.3) is 0 Å². The zero-order valence-electron chi connectivity index (χ0n) is 15.7. The van der Waals surface area contributed by atoms with Crippen LogP contribution in [0.2, 0.25) is 0 Å². The van der Waals surface area contributed by atoms with E-state index in [4.69, 9.17) is 0 Å². The molecule has 0 saturated heterocycles. The van der Waals surface area contributed by atoms with Crippen LogP contribution < -0.4 is 5.32 Å². The average molecular weight is 375 g/mol. The third-order valence-corrected chi connectivity index (χ3v) is 5.28. The van der Waals surface area contributed by atoms with Gasteiger partial charge in [-0.15, -0.1) is 0 Å². The Morgan fingerprint density at radius 1 is 1.12 bits per heavy atom. The van der Waals surface area contributed by atoms with E-state index in [1.807, 2.05) is 69.3 Å². The highest BCUT2D eigenvalue weighted by atomic mass is 32.2. The number of hydrogen-bond donors (Lipinski definition) is 1. The van der Waals surface area contributed by atoms with Gasteiger partial charge < -0.3 is 5.32 Å². The summed E-state index contributed by atoms with van der Waals surface area (Å²) in [4.78, 5) is 12.5. The smallest absolute Gasteiger partial charge is 0.239 e. The third kappa shape index (κ3) is 5.68. The van der Waals surface area contributed by atoms with Crippen molar-refractivity contribution in [3.63, 3.8) is 0 Å². The van der Waals surface area contributed by atoms with Crippen LogP contribution in [-0.4, -0.2) is 31.4 Å². The summed E-state index contributed by atoms with van der Waals surface area (Å²) in [6.07, 6.45) is 1.12. The molecule has 2 aromatic rings. The van der Waals surface area contributed by atoms with Crippen molar-refractivity contribution in [2.45, 2.75) is 33.2 Å². The maximum absolute atomic E-state index is 12.5. The molecule has 0 spiro atoms. The van der Waals surface area contributed by atoms with Gasteiger partial charge in [0.2, 0.25) is 15.9 Å². The van der Waals surface area contributed by atoms with Crippen molar-refractivity contribution in [1.82, 2.24) is 4.31 Å². The molecule has 0 heterocycles. The van der Waals surface area contributed by atoms with Crippen LogP contribution in [0.25, 0.3) is 0 Å². The average Bonchev–Trinajstić information content (AvgIpc) is 2.53. The number of carbonyl (C=O) groups excluding carboxylic acids is 1. The van der Waals surface area contributed by atoms with E-state index in [0.29, 0.717) is 0 Å². The van der Waals surface area contributed by atoms with Gasteiger partial charge in [0.1, 0.15) is 0 Å². The van der Waals surface area contributed by atoms with Crippen LogP contribution in [-0.2, 0) is 21.4 Å². The molecule has 0 unspecified atom stereocenters. The number of nitrogens with one attached hydrogen (secondary N) is 1. The summed E-state index contributed by atoms with van der Waals surface area (Å²) in [5, 5.41) is 2.85. The number of aryl methyl sites for hydroxylation is 1. The van der Waals surface area contributed by atoms with E-state index in [2.05, 4.69) is 5.32 Å². The topological polar surface area (TPSA) is 66.5 Å². The van der Waals surface area contributed by atoms with Gasteiger partial charge in [-0.25, -0.2) is 8.42 Å². The Bertz CT molecular complexity index is 876. The Morgan fingerprint density at radius 3 is 2.42 bits per heavy atom. The zero-order valence-corrected chi connectivity index (χ0v) is 16.5. The Morgan fingerprint density at radius 2 is 1.81 bits per heavy atom. The monoisotopic (exact) mass is 374 g/mol. The van der Waals surface area contributed by atoms with Crippen molar-refractivity contribution < 1.29 is 13.2 Å². The molecule has 0 aromatic heterocycles. The molecule has 5 nitrogen and oxygen atoms in total. The van der Waals surface area contributed by atoms with Gasteiger partial charge in [0.05, 0.1) is 12.8 Å². The number of rotatable bonds is 7. The first-order valence-corrected chi connectivity index (χ1v) is 10.4. The van der Waals surface area contributed by atoms with Gasteiger partial charge in [-0.05, 0) is 30.0 Å². The van der Waals surface area contributed by atoms with Gasteiger partial charge in [-0.3, -0.25) is 4.79 Å². The molecule has 140 valence electrons. The lowest BCUT2D eigenvalue weighted by atomic mass is 10.0. The lowest BCUT2D eigenvalue weighted by Crippen LogP contribution is -2.37. The Labute approximate surface area is 156 Å². The summed E-state index contributed by atoms with van der Waals surface area (Å²) in [5.41, 5.74) is 3.64. The molecular weight excluding hydrogens is 348 g/mol. The van der Waals surface area contributed by atoms with Crippen LogP contribution >= 0.6 is 0 Å². The van der Waals surface area contributed by atoms with Crippen LogP contribution in [0.3, 0.4) is 0 Å². The molecule has 0 saturated carbocycles. The number of amides is 1. The second kappa shape index (κ2) is 8.47. The zero-order chi connectivity index (χ0) is 19.3. The van der Waals surface area contributed by atoms with Crippen molar-refractivity contribution >= 4 is 21.6 Å². The second-order valence-corrected chi connectivity index (χ2v) is 8.79. The highest BCUT2D eigenvalue weighted by Crippen LogP contribution is 2.23. The Balaban J connectivity index is 2.15. The summed E-state index contributed by atoms with van der Waals surface area (Å²) in [6, 6.07) is 15.2. The molecule has 1 amide bonds. The van der Waals surface area contributed by atoms with E-state index in [1.54, 1.807) is 0 Å². The second-order valence-electron chi connectivity index (χ2n) is 6.81. The molecule has 0 atom stereocenters. The summed E-state index contributed by atoms with van der Waals surface area (Å²) >= 11 is 0. The summed E-state index contributed by atoms with van der Waals surface area (Å²) < 4.78 is 25.4. The van der Waals surface area contributed by atoms with Crippen LogP contribution in [0, 0.1) is 6.92 Å². The van der Waals surface area contributed by atoms with Gasteiger partial charge >= 0.3 is 0 Å². The lowest BCUT2D eigenvalue weighted by molar-refractivity contribution is -0.116. The van der Waals surface area contributed by atoms with Crippen LogP contribution in [0.15, 0.2) is 48.5 Å². The van der Waals surface area contributed by atoms with Crippen molar-refractivity contribution in [3.8, 4) is 0 Å². The quantitative estimate of drug-likeness (QED) is 0.806. The molecule has 0 aliphatic heterocycles. The number of nitrogens with zero attached hydrogens (tertiary/aromatic N) is 1. The SMILES string of the molecule is Cc1cccc(CN(CC(=O)Nc2ccccc2C(C)C)S(C)(=O)=O)c1. The standard InChI is InChI=1S/C20H26N2O3S/c1-15(2)18-10-5-6-11-19(18)21-20(23)14-22(26(4,24)25)13-17-9-7-8-16(3)12-17/h5-12,15H,13-14H2,1-4H3,(H,21,23). The van der Waals surface area contributed by atoms with Crippen molar-refractivity contribution in [3.05, 3.63) is 65.2 Å². The van der Waals surface area contributed by atoms with Crippen LogP contribution in [0.1, 0.15) is 36.5 Å². The highest BCUT2D eigenvalue weighted by Gasteiger charge is 2.21. The van der Waals surface area contributed by atoms with Crippen LogP contribution in [0.5, 0.6) is 0 Å². The summed E-state index contributed by atoms with van der Waals surface area (Å²) in [6.45, 7) is 5.99. The van der Waals surface area contributed by atoms with Crippen molar-refractivity contribution in [2.24, 2.45) is 0 Å². The molecule has 1 N–H and O–H groups in total. The Kier molecular flexibility index (Phi) is 6.56. The maximum Gasteiger partial charge on any atom is 0.239 e. The predicted molar refractivity (Wildman–Crippen MR) is 106 cm³/mol. The minimum atomic E-state index is -3.52. The normalized spacial score (nSPS) is 11.8. The highest BCUT2D eigenvalue weighted by molar-refractivity contribution is 7.88. The molecule has 0 fully saturated rings. The molecule has 0 radical (unpaired) electrons. The molecule has 2 rings (SSSR count). The lowest BCUT2D eigenvalue weighted by Gasteiger charge is -2.21. The van der Waals surface area contributed by atoms with E-state index in [-0.39, 0.29) is 24.9 Å². The fourth-order valence-electron chi connectivity index (χ4n) is 2.77.